The summed E-state index contributed by atoms with van der Waals surface area (Å²) in [6.45, 7) is 2.02. The Hall–Kier alpha value is -4.19. The number of fused-ring (bicyclic) bond motifs is 1. The molecular formula is C25H18N3O3-. The number of aryl methyl sites for hydroxylation is 1. The number of anilines is 1. The van der Waals surface area contributed by atoms with Gasteiger partial charge in [0, 0.05) is 16.8 Å². The lowest BCUT2D eigenvalue weighted by atomic mass is 9.95. The van der Waals surface area contributed by atoms with Gasteiger partial charge in [-0.1, -0.05) is 72.3 Å². The Bertz CT molecular complexity index is 1280. The molecule has 0 saturated heterocycles. The molecule has 0 saturated carbocycles. The molecule has 0 bridgehead atoms. The molecule has 0 radical (unpaired) electrons. The fourth-order valence-electron chi connectivity index (χ4n) is 4.05. The first-order chi connectivity index (χ1) is 15.0. The highest BCUT2D eigenvalue weighted by Crippen LogP contribution is 2.44. The van der Waals surface area contributed by atoms with Crippen molar-refractivity contribution in [3.63, 3.8) is 0 Å². The van der Waals surface area contributed by atoms with E-state index >= 15 is 0 Å². The molecule has 152 valence electrons. The lowest BCUT2D eigenvalue weighted by Crippen LogP contribution is -2.29. The average molecular weight is 408 g/mol. The second-order valence-electron chi connectivity index (χ2n) is 7.55. The number of aromatic carboxylic acids is 1. The average Bonchev–Trinajstić information content (AvgIpc) is 3.34. The van der Waals surface area contributed by atoms with E-state index < -0.39 is 12.0 Å². The molecule has 3 aromatic carbocycles. The Morgan fingerprint density at radius 1 is 0.968 bits per heavy atom. The number of aromatic amines is 1. The van der Waals surface area contributed by atoms with Crippen LogP contribution in [0, 0.1) is 6.92 Å². The fourth-order valence-corrected chi connectivity index (χ4v) is 4.05. The lowest BCUT2D eigenvalue weighted by Gasteiger charge is -2.26. The maximum absolute atomic E-state index is 13.4. The van der Waals surface area contributed by atoms with Gasteiger partial charge in [-0.15, -0.1) is 0 Å². The second kappa shape index (κ2) is 7.25. The summed E-state index contributed by atoms with van der Waals surface area (Å²) >= 11 is 0. The molecular weight excluding hydrogens is 390 g/mol. The normalized spacial score (nSPS) is 15.2. The van der Waals surface area contributed by atoms with E-state index in [9.17, 15) is 14.7 Å². The van der Waals surface area contributed by atoms with Gasteiger partial charge >= 0.3 is 0 Å². The Morgan fingerprint density at radius 3 is 2.29 bits per heavy atom. The van der Waals surface area contributed by atoms with Crippen molar-refractivity contribution in [2.75, 3.05) is 4.90 Å². The smallest absolute Gasteiger partial charge is 0.277 e. The number of carbonyl (C=O) groups excluding carboxylic acids is 2. The fraction of sp³-hybridized carbons (Fsp3) is 0.0800. The maximum Gasteiger partial charge on any atom is 0.277 e. The number of H-pyrrole nitrogens is 1. The molecule has 2 heterocycles. The molecule has 0 aliphatic carbocycles. The van der Waals surface area contributed by atoms with Crippen molar-refractivity contribution in [3.8, 4) is 11.3 Å². The number of amides is 1. The van der Waals surface area contributed by atoms with Crippen LogP contribution in [0.1, 0.15) is 43.6 Å². The lowest BCUT2D eigenvalue weighted by molar-refractivity contribution is -0.255. The largest absolute Gasteiger partial charge is 0.545 e. The minimum atomic E-state index is -1.25. The molecule has 6 heteroatoms. The molecule has 1 aliphatic rings. The number of carboxylic acids is 1. The molecule has 6 nitrogen and oxygen atoms in total. The third-order valence-electron chi connectivity index (χ3n) is 5.59. The molecule has 0 fully saturated rings. The second-order valence-corrected chi connectivity index (χ2v) is 7.55. The van der Waals surface area contributed by atoms with E-state index in [4.69, 9.17) is 0 Å². The Morgan fingerprint density at radius 2 is 1.65 bits per heavy atom. The third kappa shape index (κ3) is 3.09. The first kappa shape index (κ1) is 18.8. The van der Waals surface area contributed by atoms with E-state index in [0.717, 1.165) is 27.9 Å². The van der Waals surface area contributed by atoms with Crippen molar-refractivity contribution in [2.45, 2.75) is 13.0 Å². The molecule has 1 atom stereocenters. The van der Waals surface area contributed by atoms with Crippen molar-refractivity contribution in [1.29, 1.82) is 0 Å². The number of hydrogen-bond acceptors (Lipinski definition) is 4. The van der Waals surface area contributed by atoms with E-state index in [2.05, 4.69) is 10.2 Å². The summed E-state index contributed by atoms with van der Waals surface area (Å²) in [4.78, 5) is 26.2. The first-order valence-corrected chi connectivity index (χ1v) is 9.90. The summed E-state index contributed by atoms with van der Waals surface area (Å²) in [5.41, 5.74) is 5.64. The molecule has 4 aromatic rings. The molecule has 5 rings (SSSR count). The Labute approximate surface area is 178 Å². The van der Waals surface area contributed by atoms with Crippen LogP contribution in [0.15, 0.2) is 78.9 Å². The molecule has 1 N–H and O–H groups in total. The summed E-state index contributed by atoms with van der Waals surface area (Å²) in [5.74, 6) is -1.47. The number of rotatable bonds is 4. The van der Waals surface area contributed by atoms with E-state index in [0.29, 0.717) is 11.4 Å². The molecule has 0 spiro atoms. The number of hydrogen-bond donors (Lipinski definition) is 1. The van der Waals surface area contributed by atoms with Crippen LogP contribution < -0.4 is 10.0 Å². The van der Waals surface area contributed by atoms with Gasteiger partial charge < -0.3 is 9.90 Å². The molecule has 0 unspecified atom stereocenters. The number of carboxylic acid groups (broad SMARTS) is 1. The van der Waals surface area contributed by atoms with Crippen LogP contribution in [0.3, 0.4) is 0 Å². The zero-order valence-corrected chi connectivity index (χ0v) is 16.7. The minimum Gasteiger partial charge on any atom is -0.545 e. The monoisotopic (exact) mass is 408 g/mol. The van der Waals surface area contributed by atoms with Gasteiger partial charge in [0.2, 0.25) is 0 Å². The first-order valence-electron chi connectivity index (χ1n) is 9.90. The van der Waals surface area contributed by atoms with Gasteiger partial charge in [0.15, 0.2) is 0 Å². The molecule has 31 heavy (non-hydrogen) atoms. The van der Waals surface area contributed by atoms with Gasteiger partial charge in [0.25, 0.3) is 5.91 Å². The van der Waals surface area contributed by atoms with E-state index in [-0.39, 0.29) is 11.5 Å². The maximum atomic E-state index is 13.4. The van der Waals surface area contributed by atoms with Crippen molar-refractivity contribution >= 4 is 17.6 Å². The highest BCUT2D eigenvalue weighted by Gasteiger charge is 2.42. The Balaban J connectivity index is 1.68. The van der Waals surface area contributed by atoms with Crippen molar-refractivity contribution in [1.82, 2.24) is 10.2 Å². The van der Waals surface area contributed by atoms with Crippen molar-refractivity contribution in [3.05, 3.63) is 107 Å². The number of nitrogens with one attached hydrogen (secondary N) is 1. The summed E-state index contributed by atoms with van der Waals surface area (Å²) in [6.07, 6.45) is 0. The topological polar surface area (TPSA) is 89.1 Å². The molecule has 1 aromatic heterocycles. The predicted octanol–water partition coefficient (Wildman–Crippen LogP) is 3.50. The van der Waals surface area contributed by atoms with Crippen LogP contribution >= 0.6 is 0 Å². The highest BCUT2D eigenvalue weighted by molar-refractivity contribution is 6.11. The number of benzene rings is 3. The van der Waals surface area contributed by atoms with Gasteiger partial charge in [0.1, 0.15) is 5.69 Å². The van der Waals surface area contributed by atoms with E-state index in [1.165, 1.54) is 12.1 Å². The van der Waals surface area contributed by atoms with Gasteiger partial charge in [-0.05, 0) is 30.2 Å². The zero-order chi connectivity index (χ0) is 21.5. The third-order valence-corrected chi connectivity index (χ3v) is 5.59. The van der Waals surface area contributed by atoms with Crippen LogP contribution in [-0.2, 0) is 0 Å². The minimum absolute atomic E-state index is 0.0622. The molecule has 1 amide bonds. The number of nitrogens with zero attached hydrogens (tertiary/aromatic N) is 2. The summed E-state index contributed by atoms with van der Waals surface area (Å²) < 4.78 is 0. The Kier molecular flexibility index (Phi) is 4.40. The van der Waals surface area contributed by atoms with Gasteiger partial charge in [0.05, 0.1) is 17.7 Å². The van der Waals surface area contributed by atoms with Crippen molar-refractivity contribution in [2.24, 2.45) is 0 Å². The number of carbonyl (C=O) groups is 2. The van der Waals surface area contributed by atoms with E-state index in [1.807, 2.05) is 61.5 Å². The van der Waals surface area contributed by atoms with Crippen LogP contribution in [0.5, 0.6) is 0 Å². The standard InChI is InChI=1S/C25H19N3O3/c1-15-7-9-16(10-8-15)21-20-22(27-26-21)24(29)28(23(20)17-5-3-2-4-6-17)19-13-11-18(12-14-19)25(30)31/h2-14,23H,1H3,(H,26,27)(H,30,31)/p-1/t23-/m1/s1. The van der Waals surface area contributed by atoms with Crippen LogP contribution in [0.4, 0.5) is 5.69 Å². The highest BCUT2D eigenvalue weighted by atomic mass is 16.4. The van der Waals surface area contributed by atoms with Gasteiger partial charge in [-0.3, -0.25) is 14.8 Å². The van der Waals surface area contributed by atoms with E-state index in [1.54, 1.807) is 17.0 Å². The van der Waals surface area contributed by atoms with Gasteiger partial charge in [-0.2, -0.15) is 5.10 Å². The van der Waals surface area contributed by atoms with Crippen LogP contribution in [0.25, 0.3) is 11.3 Å². The van der Waals surface area contributed by atoms with Gasteiger partial charge in [-0.25, -0.2) is 0 Å². The summed E-state index contributed by atoms with van der Waals surface area (Å²) in [5, 5.41) is 18.5. The quantitative estimate of drug-likeness (QED) is 0.560. The molecule has 1 aliphatic heterocycles. The zero-order valence-electron chi connectivity index (χ0n) is 16.7. The van der Waals surface area contributed by atoms with Crippen molar-refractivity contribution < 1.29 is 14.7 Å². The van der Waals surface area contributed by atoms with Crippen LogP contribution in [0.2, 0.25) is 0 Å². The summed E-state index contributed by atoms with van der Waals surface area (Å²) in [7, 11) is 0. The summed E-state index contributed by atoms with van der Waals surface area (Å²) in [6, 6.07) is 23.5. The SMILES string of the molecule is Cc1ccc(-c2n[nH]c3c2[C@@H](c2ccccc2)N(c2ccc(C(=O)[O-])cc2)C3=O)cc1. The number of aromatic nitrogens is 2. The predicted molar refractivity (Wildman–Crippen MR) is 115 cm³/mol. The van der Waals surface area contributed by atoms with Crippen LogP contribution in [-0.4, -0.2) is 22.1 Å².